The first-order valence-electron chi connectivity index (χ1n) is 7.29. The molecule has 7 heteroatoms. The monoisotopic (exact) mass is 327 g/mol. The van der Waals surface area contributed by atoms with E-state index in [0.29, 0.717) is 17.0 Å². The number of likely N-dealkylation sites (N-methyl/N-ethyl adjacent to an activating group) is 1. The third-order valence-corrected chi connectivity index (χ3v) is 4.05. The normalized spacial score (nSPS) is 16.8. The summed E-state index contributed by atoms with van der Waals surface area (Å²) in [6.07, 6.45) is 0.763. The maximum Gasteiger partial charge on any atom is 0.270 e. The molecule has 0 aliphatic carbocycles. The molecule has 3 rings (SSSR count). The summed E-state index contributed by atoms with van der Waals surface area (Å²) in [5, 5.41) is 11.1. The summed E-state index contributed by atoms with van der Waals surface area (Å²) in [5.74, 6) is -0.471. The highest BCUT2D eigenvalue weighted by atomic mass is 19.1. The van der Waals surface area contributed by atoms with Crippen LogP contribution >= 0.6 is 0 Å². The van der Waals surface area contributed by atoms with E-state index in [4.69, 9.17) is 0 Å². The van der Waals surface area contributed by atoms with Crippen LogP contribution in [0, 0.1) is 15.9 Å². The maximum absolute atomic E-state index is 14.2. The van der Waals surface area contributed by atoms with Crippen molar-refractivity contribution in [1.82, 2.24) is 0 Å². The molecule has 0 aromatic heterocycles. The molecule has 0 radical (unpaired) electrons. The number of benzene rings is 2. The number of hydrogen-bond acceptors (Lipinski definition) is 5. The quantitative estimate of drug-likeness (QED) is 0.493. The zero-order valence-corrected chi connectivity index (χ0v) is 12.8. The second kappa shape index (κ2) is 6.19. The van der Waals surface area contributed by atoms with Gasteiger partial charge in [-0.2, -0.15) is 0 Å². The van der Waals surface area contributed by atoms with Crippen molar-refractivity contribution in [3.63, 3.8) is 0 Å². The second-order valence-electron chi connectivity index (χ2n) is 5.44. The number of carbonyl (C=O) groups is 1. The summed E-state index contributed by atoms with van der Waals surface area (Å²) in [5.41, 5.74) is 1.47. The molecule has 6 nitrogen and oxygen atoms in total. The number of carbonyl (C=O) groups excluding carboxylic acids is 1. The minimum Gasteiger partial charge on any atom is -0.362 e. The molecule has 122 valence electrons. The number of non-ortho nitro benzene ring substituents is 1. The van der Waals surface area contributed by atoms with Crippen LogP contribution in [-0.2, 0) is 4.79 Å². The molecular weight excluding hydrogens is 313 g/mol. The summed E-state index contributed by atoms with van der Waals surface area (Å²) >= 11 is 0. The Morgan fingerprint density at radius 3 is 2.71 bits per heavy atom. The van der Waals surface area contributed by atoms with E-state index in [0.717, 1.165) is 6.29 Å². The minimum absolute atomic E-state index is 0.115. The van der Waals surface area contributed by atoms with E-state index < -0.39 is 16.8 Å². The smallest absolute Gasteiger partial charge is 0.270 e. The fourth-order valence-corrected chi connectivity index (χ4v) is 2.72. The Labute approximate surface area is 137 Å². The van der Waals surface area contributed by atoms with Crippen molar-refractivity contribution in [1.29, 1.82) is 0 Å². The van der Waals surface area contributed by atoms with Crippen LogP contribution in [-0.4, -0.2) is 36.6 Å². The Kier molecular flexibility index (Phi) is 4.07. The number of fused-ring (bicyclic) bond motifs is 1. The third kappa shape index (κ3) is 2.64. The van der Waals surface area contributed by atoms with Crippen molar-refractivity contribution in [2.45, 2.75) is 6.04 Å². The van der Waals surface area contributed by atoms with Crippen LogP contribution < -0.4 is 4.90 Å². The van der Waals surface area contributed by atoms with Gasteiger partial charge in [-0.1, -0.05) is 12.1 Å². The van der Waals surface area contributed by atoms with Crippen molar-refractivity contribution in [2.24, 2.45) is 4.99 Å². The lowest BCUT2D eigenvalue weighted by molar-refractivity contribution is -0.384. The van der Waals surface area contributed by atoms with Crippen LogP contribution in [0.3, 0.4) is 0 Å². The number of aliphatic imine (C=N–C) groups is 1. The van der Waals surface area contributed by atoms with Gasteiger partial charge in [0.25, 0.3) is 5.69 Å². The highest BCUT2D eigenvalue weighted by molar-refractivity contribution is 6.17. The standard InChI is InChI=1S/C17H14FN3O3/c1-20-12(10-22)9-19-17(13-4-2-3-5-15(13)18)14-8-11(21(23)24)6-7-16(14)20/h2-8,10,12H,9H2,1H3. The summed E-state index contributed by atoms with van der Waals surface area (Å²) in [6.45, 7) is 0.145. The van der Waals surface area contributed by atoms with Crippen molar-refractivity contribution in [3.05, 3.63) is 69.5 Å². The molecule has 0 amide bonds. The lowest BCUT2D eigenvalue weighted by Gasteiger charge is -2.24. The molecule has 0 fully saturated rings. The van der Waals surface area contributed by atoms with Crippen molar-refractivity contribution < 1.29 is 14.1 Å². The van der Waals surface area contributed by atoms with Crippen molar-refractivity contribution in [2.75, 3.05) is 18.5 Å². The molecule has 1 aliphatic heterocycles. The van der Waals surface area contributed by atoms with Gasteiger partial charge >= 0.3 is 0 Å². The van der Waals surface area contributed by atoms with E-state index in [-0.39, 0.29) is 17.8 Å². The Morgan fingerprint density at radius 1 is 1.29 bits per heavy atom. The summed E-state index contributed by atoms with van der Waals surface area (Å²) in [4.78, 5) is 28.0. The maximum atomic E-state index is 14.2. The van der Waals surface area contributed by atoms with Gasteiger partial charge in [0.2, 0.25) is 0 Å². The molecule has 0 saturated carbocycles. The molecule has 0 bridgehead atoms. The molecule has 2 aromatic carbocycles. The summed E-state index contributed by atoms with van der Waals surface area (Å²) in [7, 11) is 1.71. The first-order valence-corrected chi connectivity index (χ1v) is 7.29. The predicted molar refractivity (Wildman–Crippen MR) is 88.3 cm³/mol. The largest absolute Gasteiger partial charge is 0.362 e. The fraction of sp³-hybridized carbons (Fsp3) is 0.176. The molecule has 24 heavy (non-hydrogen) atoms. The molecule has 1 aliphatic rings. The molecule has 2 aromatic rings. The molecule has 1 unspecified atom stereocenters. The third-order valence-electron chi connectivity index (χ3n) is 4.05. The molecular formula is C17H14FN3O3. The number of nitrogens with zero attached hydrogens (tertiary/aromatic N) is 3. The van der Waals surface area contributed by atoms with E-state index in [1.54, 1.807) is 36.2 Å². The number of rotatable bonds is 3. The SMILES string of the molecule is CN1c2ccc([N+](=O)[O-])cc2C(c2ccccc2F)=NCC1C=O. The van der Waals surface area contributed by atoms with E-state index >= 15 is 0 Å². The zero-order chi connectivity index (χ0) is 17.3. The molecule has 0 N–H and O–H groups in total. The van der Waals surface area contributed by atoms with Crippen LogP contribution in [0.25, 0.3) is 0 Å². The van der Waals surface area contributed by atoms with E-state index in [1.807, 2.05) is 0 Å². The van der Waals surface area contributed by atoms with Gasteiger partial charge < -0.3 is 9.69 Å². The van der Waals surface area contributed by atoms with Crippen LogP contribution in [0.2, 0.25) is 0 Å². The van der Waals surface area contributed by atoms with Gasteiger partial charge in [-0.15, -0.1) is 0 Å². The average Bonchev–Trinajstić information content (AvgIpc) is 2.72. The first kappa shape index (κ1) is 15.8. The molecule has 1 heterocycles. The minimum atomic E-state index is -0.519. The summed E-state index contributed by atoms with van der Waals surface area (Å²) in [6, 6.07) is 9.87. The average molecular weight is 327 g/mol. The number of hydrogen-bond donors (Lipinski definition) is 0. The van der Waals surface area contributed by atoms with Crippen molar-refractivity contribution >= 4 is 23.4 Å². The van der Waals surface area contributed by atoms with E-state index in [2.05, 4.69) is 4.99 Å². The second-order valence-corrected chi connectivity index (χ2v) is 5.44. The Morgan fingerprint density at radius 2 is 2.04 bits per heavy atom. The lowest BCUT2D eigenvalue weighted by atomic mass is 9.99. The van der Waals surface area contributed by atoms with Gasteiger partial charge in [0.05, 0.1) is 17.2 Å². The summed E-state index contributed by atoms with van der Waals surface area (Å²) < 4.78 is 14.2. The first-order chi connectivity index (χ1) is 11.5. The van der Waals surface area contributed by atoms with Crippen LogP contribution in [0.4, 0.5) is 15.8 Å². The topological polar surface area (TPSA) is 75.8 Å². The molecule has 0 spiro atoms. The van der Waals surface area contributed by atoms with Gasteiger partial charge in [0.15, 0.2) is 0 Å². The number of halogens is 1. The number of anilines is 1. The van der Waals surface area contributed by atoms with E-state index in [1.165, 1.54) is 18.2 Å². The van der Waals surface area contributed by atoms with E-state index in [9.17, 15) is 19.3 Å². The fourth-order valence-electron chi connectivity index (χ4n) is 2.72. The Balaban J connectivity index is 2.26. The van der Waals surface area contributed by atoms with Gasteiger partial charge in [0.1, 0.15) is 18.1 Å². The molecule has 0 saturated heterocycles. The van der Waals surface area contributed by atoms with Gasteiger partial charge in [-0.05, 0) is 18.2 Å². The number of benzodiazepines with no additional fused rings is 1. The van der Waals surface area contributed by atoms with Crippen LogP contribution in [0.1, 0.15) is 11.1 Å². The number of nitro groups is 1. The van der Waals surface area contributed by atoms with Gasteiger partial charge in [-0.25, -0.2) is 4.39 Å². The highest BCUT2D eigenvalue weighted by Crippen LogP contribution is 2.31. The number of aldehydes is 1. The Hall–Kier alpha value is -3.09. The van der Waals surface area contributed by atoms with Crippen LogP contribution in [0.5, 0.6) is 0 Å². The zero-order valence-electron chi connectivity index (χ0n) is 12.8. The number of nitro benzene ring substituents is 1. The van der Waals surface area contributed by atoms with Crippen LogP contribution in [0.15, 0.2) is 47.5 Å². The Bertz CT molecular complexity index is 851. The van der Waals surface area contributed by atoms with Gasteiger partial charge in [0, 0.05) is 36.0 Å². The van der Waals surface area contributed by atoms with Gasteiger partial charge in [-0.3, -0.25) is 15.1 Å². The van der Waals surface area contributed by atoms with Crippen molar-refractivity contribution in [3.8, 4) is 0 Å². The highest BCUT2D eigenvalue weighted by Gasteiger charge is 2.26. The molecule has 1 atom stereocenters. The lowest BCUT2D eigenvalue weighted by Crippen LogP contribution is -2.35. The predicted octanol–water partition coefficient (Wildman–Crippen LogP) is 2.59.